The lowest BCUT2D eigenvalue weighted by Gasteiger charge is -2.34. The van der Waals surface area contributed by atoms with Gasteiger partial charge in [0.25, 0.3) is 5.91 Å². The van der Waals surface area contributed by atoms with E-state index in [1.54, 1.807) is 53.7 Å². The summed E-state index contributed by atoms with van der Waals surface area (Å²) in [7, 11) is 1.32. The molecule has 1 aromatic carbocycles. The van der Waals surface area contributed by atoms with E-state index < -0.39 is 117 Å². The first-order chi connectivity index (χ1) is 23.9. The highest BCUT2D eigenvalue weighted by Gasteiger charge is 2.32. The summed E-state index contributed by atoms with van der Waals surface area (Å²) in [6.07, 6.45) is -6.96. The standard InChI is InChI=1S/C34H55N3O15/c1-33(2,3)51-29(46)17-36(15-27(42)43)13-22(37(16-28(44)45)18-30(47)52-34(4,5)6)12-21-8-10-23(11-9-21)50-20-26(41)35(7)14-24(39)31(48)32(49)25(40)19-38/h8-11,22,24-25,31-32,38-40,48-49H,12-20H2,1-7H3,(H,42,43)(H,44,45). The molecule has 0 fully saturated rings. The van der Waals surface area contributed by atoms with Gasteiger partial charge < -0.3 is 54.9 Å². The minimum Gasteiger partial charge on any atom is -0.484 e. The fourth-order valence-corrected chi connectivity index (χ4v) is 4.87. The summed E-state index contributed by atoms with van der Waals surface area (Å²) in [6.45, 7) is 5.93. The number of esters is 2. The average molecular weight is 746 g/mol. The van der Waals surface area contributed by atoms with Crippen molar-refractivity contribution in [3.8, 4) is 5.75 Å². The lowest BCUT2D eigenvalue weighted by molar-refractivity contribution is -0.160. The van der Waals surface area contributed by atoms with Gasteiger partial charge in [-0.05, 0) is 65.7 Å². The third-order valence-corrected chi connectivity index (χ3v) is 7.18. The van der Waals surface area contributed by atoms with Gasteiger partial charge in [0.1, 0.15) is 41.4 Å². The largest absolute Gasteiger partial charge is 0.484 e. The monoisotopic (exact) mass is 745 g/mol. The highest BCUT2D eigenvalue weighted by Crippen LogP contribution is 2.18. The molecule has 0 aliphatic carbocycles. The van der Waals surface area contributed by atoms with E-state index in [1.165, 1.54) is 29.0 Å². The highest BCUT2D eigenvalue weighted by molar-refractivity contribution is 5.77. The van der Waals surface area contributed by atoms with Crippen molar-refractivity contribution in [1.29, 1.82) is 0 Å². The number of hydrogen-bond acceptors (Lipinski definition) is 15. The van der Waals surface area contributed by atoms with Gasteiger partial charge in [0.15, 0.2) is 6.61 Å². The van der Waals surface area contributed by atoms with Crippen LogP contribution >= 0.6 is 0 Å². The molecule has 0 saturated heterocycles. The molecule has 0 saturated carbocycles. The molecule has 5 unspecified atom stereocenters. The molecule has 0 heterocycles. The third-order valence-electron chi connectivity index (χ3n) is 7.18. The van der Waals surface area contributed by atoms with Crippen LogP contribution in [0, 0.1) is 0 Å². The lowest BCUT2D eigenvalue weighted by atomic mass is 10.0. The second kappa shape index (κ2) is 21.0. The summed E-state index contributed by atoms with van der Waals surface area (Å²) < 4.78 is 16.3. The van der Waals surface area contributed by atoms with E-state index in [-0.39, 0.29) is 18.7 Å². The first kappa shape index (κ1) is 46.1. The molecule has 0 bridgehead atoms. The molecule has 296 valence electrons. The number of aliphatic hydroxyl groups is 5. The molecule has 0 aliphatic heterocycles. The van der Waals surface area contributed by atoms with Crippen LogP contribution in [0.15, 0.2) is 24.3 Å². The highest BCUT2D eigenvalue weighted by atomic mass is 16.6. The van der Waals surface area contributed by atoms with Gasteiger partial charge in [0.05, 0.1) is 32.8 Å². The number of aliphatic hydroxyl groups excluding tert-OH is 5. The van der Waals surface area contributed by atoms with Crippen molar-refractivity contribution in [2.24, 2.45) is 0 Å². The Morgan fingerprint density at radius 3 is 1.69 bits per heavy atom. The predicted octanol–water partition coefficient (Wildman–Crippen LogP) is -1.67. The number of likely N-dealkylation sites (N-methyl/N-ethyl adjacent to an activating group) is 1. The first-order valence-corrected chi connectivity index (χ1v) is 16.5. The third kappa shape index (κ3) is 18.5. The van der Waals surface area contributed by atoms with E-state index in [2.05, 4.69) is 0 Å². The molecule has 0 radical (unpaired) electrons. The fourth-order valence-electron chi connectivity index (χ4n) is 4.87. The van der Waals surface area contributed by atoms with Crippen LogP contribution in [0.2, 0.25) is 0 Å². The second-order valence-electron chi connectivity index (χ2n) is 14.4. The second-order valence-corrected chi connectivity index (χ2v) is 14.4. The molecule has 0 aromatic heterocycles. The summed E-state index contributed by atoms with van der Waals surface area (Å²) in [5.41, 5.74) is -1.11. The van der Waals surface area contributed by atoms with Crippen LogP contribution in [0.1, 0.15) is 47.1 Å². The zero-order valence-corrected chi connectivity index (χ0v) is 30.8. The van der Waals surface area contributed by atoms with Crippen LogP contribution in [-0.4, -0.2) is 181 Å². The van der Waals surface area contributed by atoms with E-state index in [4.69, 9.17) is 19.3 Å². The molecule has 0 aliphatic rings. The SMILES string of the molecule is CN(CC(O)C(O)C(O)C(O)CO)C(=O)COc1ccc(CC(CN(CC(=O)O)CC(=O)OC(C)(C)C)N(CC(=O)O)CC(=O)OC(C)(C)C)cc1. The number of carbonyl (C=O) groups excluding carboxylic acids is 3. The van der Waals surface area contributed by atoms with E-state index in [0.29, 0.717) is 5.56 Å². The smallest absolute Gasteiger partial charge is 0.320 e. The molecule has 1 rings (SSSR count). The van der Waals surface area contributed by atoms with Crippen molar-refractivity contribution in [1.82, 2.24) is 14.7 Å². The molecular weight excluding hydrogens is 690 g/mol. The molecule has 52 heavy (non-hydrogen) atoms. The van der Waals surface area contributed by atoms with Gasteiger partial charge in [-0.3, -0.25) is 33.8 Å². The normalized spacial score (nSPS) is 15.0. The number of ether oxygens (including phenoxy) is 3. The molecule has 5 atom stereocenters. The zero-order valence-electron chi connectivity index (χ0n) is 30.8. The minimum absolute atomic E-state index is 0.0828. The molecular formula is C34H55N3O15. The van der Waals surface area contributed by atoms with Gasteiger partial charge in [-0.25, -0.2) is 0 Å². The van der Waals surface area contributed by atoms with Crippen LogP contribution in [-0.2, 0) is 39.9 Å². The number of amides is 1. The Morgan fingerprint density at radius 2 is 1.21 bits per heavy atom. The lowest BCUT2D eigenvalue weighted by Crippen LogP contribution is -2.51. The topological polar surface area (TPSA) is 264 Å². The Kier molecular flexibility index (Phi) is 18.6. The van der Waals surface area contributed by atoms with Crippen molar-refractivity contribution < 1.29 is 73.9 Å². The maximum Gasteiger partial charge on any atom is 0.320 e. The van der Waals surface area contributed by atoms with E-state index in [9.17, 15) is 54.6 Å². The summed E-state index contributed by atoms with van der Waals surface area (Å²) in [4.78, 5) is 65.5. The van der Waals surface area contributed by atoms with Gasteiger partial charge in [-0.15, -0.1) is 0 Å². The van der Waals surface area contributed by atoms with Gasteiger partial charge in [-0.1, -0.05) is 12.1 Å². The summed E-state index contributed by atoms with van der Waals surface area (Å²) >= 11 is 0. The van der Waals surface area contributed by atoms with Crippen molar-refractivity contribution in [3.63, 3.8) is 0 Å². The minimum atomic E-state index is -1.85. The molecule has 7 N–H and O–H groups in total. The van der Waals surface area contributed by atoms with Gasteiger partial charge in [0, 0.05) is 26.2 Å². The van der Waals surface area contributed by atoms with Crippen molar-refractivity contribution in [2.45, 2.75) is 89.6 Å². The number of benzene rings is 1. The predicted molar refractivity (Wildman–Crippen MR) is 183 cm³/mol. The molecule has 1 amide bonds. The van der Waals surface area contributed by atoms with Gasteiger partial charge >= 0.3 is 23.9 Å². The summed E-state index contributed by atoms with van der Waals surface area (Å²) in [5.74, 6) is -4.28. The Bertz CT molecular complexity index is 1310. The van der Waals surface area contributed by atoms with Crippen molar-refractivity contribution >= 4 is 29.8 Å². The Morgan fingerprint density at radius 1 is 0.712 bits per heavy atom. The summed E-state index contributed by atoms with van der Waals surface area (Å²) in [5, 5.41) is 67.7. The van der Waals surface area contributed by atoms with Crippen LogP contribution in [0.4, 0.5) is 0 Å². The zero-order chi connectivity index (χ0) is 40.0. The number of carbonyl (C=O) groups is 5. The Hall–Kier alpha value is -3.91. The number of aliphatic carboxylic acids is 2. The maximum atomic E-state index is 12.8. The number of rotatable bonds is 22. The quantitative estimate of drug-likeness (QED) is 0.0654. The molecule has 18 heteroatoms. The van der Waals surface area contributed by atoms with Crippen LogP contribution in [0.5, 0.6) is 5.75 Å². The fraction of sp³-hybridized carbons (Fsp3) is 0.676. The van der Waals surface area contributed by atoms with Gasteiger partial charge in [0.2, 0.25) is 0 Å². The number of carboxylic acid groups (broad SMARTS) is 2. The van der Waals surface area contributed by atoms with Crippen molar-refractivity contribution in [3.05, 3.63) is 29.8 Å². The van der Waals surface area contributed by atoms with E-state index >= 15 is 0 Å². The van der Waals surface area contributed by atoms with Crippen LogP contribution in [0.3, 0.4) is 0 Å². The van der Waals surface area contributed by atoms with Crippen LogP contribution in [0.25, 0.3) is 0 Å². The Labute approximate surface area is 303 Å². The average Bonchev–Trinajstić information content (AvgIpc) is 2.99. The molecule has 0 spiro atoms. The summed E-state index contributed by atoms with van der Waals surface area (Å²) in [6, 6.07) is 5.45. The van der Waals surface area contributed by atoms with Crippen molar-refractivity contribution in [2.75, 3.05) is 59.5 Å². The number of nitrogens with zero attached hydrogens (tertiary/aromatic N) is 3. The van der Waals surface area contributed by atoms with E-state index in [0.717, 1.165) is 4.90 Å². The number of hydrogen-bond donors (Lipinski definition) is 7. The van der Waals surface area contributed by atoms with Crippen LogP contribution < -0.4 is 4.74 Å². The van der Waals surface area contributed by atoms with Gasteiger partial charge in [-0.2, -0.15) is 0 Å². The van der Waals surface area contributed by atoms with E-state index in [1.807, 2.05) is 0 Å². The molecule has 18 nitrogen and oxygen atoms in total. The maximum absolute atomic E-state index is 12.8. The molecule has 1 aromatic rings. The Balaban J connectivity index is 3.20. The number of carboxylic acids is 2. The first-order valence-electron chi connectivity index (χ1n) is 16.5.